The molecular formula is C17H19N3O2. The van der Waals surface area contributed by atoms with Crippen molar-refractivity contribution in [3.63, 3.8) is 0 Å². The van der Waals surface area contributed by atoms with E-state index in [1.165, 1.54) is 11.8 Å². The molecule has 0 bridgehead atoms. The summed E-state index contributed by atoms with van der Waals surface area (Å²) in [4.78, 5) is 29.3. The first-order chi connectivity index (χ1) is 10.5. The quantitative estimate of drug-likeness (QED) is 0.921. The zero-order valence-electron chi connectivity index (χ0n) is 12.7. The molecule has 114 valence electrons. The molecule has 0 unspecified atom stereocenters. The zero-order chi connectivity index (χ0) is 15.9. The molecule has 1 aromatic carbocycles. The van der Waals surface area contributed by atoms with Crippen LogP contribution in [0.3, 0.4) is 0 Å². The Morgan fingerprint density at radius 1 is 1.18 bits per heavy atom. The number of amides is 2. The number of rotatable bonds is 5. The van der Waals surface area contributed by atoms with Gasteiger partial charge in [-0.2, -0.15) is 0 Å². The smallest absolute Gasteiger partial charge is 0.244 e. The maximum absolute atomic E-state index is 12.1. The van der Waals surface area contributed by atoms with E-state index in [1.54, 1.807) is 18.5 Å². The summed E-state index contributed by atoms with van der Waals surface area (Å²) >= 11 is 0. The van der Waals surface area contributed by atoms with Gasteiger partial charge >= 0.3 is 0 Å². The SMILES string of the molecule is CC(=O)N(CC(=O)Nc1ccc(C)cc1)Cc1cccnc1. The number of carbonyl (C=O) groups excluding carboxylic acids is 2. The van der Waals surface area contributed by atoms with Gasteiger partial charge in [0.05, 0.1) is 0 Å². The summed E-state index contributed by atoms with van der Waals surface area (Å²) < 4.78 is 0. The van der Waals surface area contributed by atoms with Crippen molar-refractivity contribution in [3.8, 4) is 0 Å². The maximum atomic E-state index is 12.1. The Labute approximate surface area is 130 Å². The van der Waals surface area contributed by atoms with E-state index in [-0.39, 0.29) is 18.4 Å². The highest BCUT2D eigenvalue weighted by molar-refractivity contribution is 5.94. The molecular weight excluding hydrogens is 278 g/mol. The first kappa shape index (κ1) is 15.7. The molecule has 0 aliphatic carbocycles. The third-order valence-electron chi connectivity index (χ3n) is 3.21. The Morgan fingerprint density at radius 3 is 2.50 bits per heavy atom. The van der Waals surface area contributed by atoms with Crippen LogP contribution in [0.15, 0.2) is 48.8 Å². The van der Waals surface area contributed by atoms with Gasteiger partial charge in [0.1, 0.15) is 6.54 Å². The minimum absolute atomic E-state index is 0.0120. The monoisotopic (exact) mass is 297 g/mol. The lowest BCUT2D eigenvalue weighted by molar-refractivity contribution is -0.133. The van der Waals surface area contributed by atoms with E-state index in [0.717, 1.165) is 16.8 Å². The number of anilines is 1. The summed E-state index contributed by atoms with van der Waals surface area (Å²) in [5.74, 6) is -0.370. The van der Waals surface area contributed by atoms with Gasteiger partial charge in [0.15, 0.2) is 0 Å². The Balaban J connectivity index is 1.97. The van der Waals surface area contributed by atoms with Gasteiger partial charge in [-0.15, -0.1) is 0 Å². The van der Waals surface area contributed by atoms with E-state index in [9.17, 15) is 9.59 Å². The van der Waals surface area contributed by atoms with Gasteiger partial charge in [-0.3, -0.25) is 14.6 Å². The zero-order valence-corrected chi connectivity index (χ0v) is 12.7. The van der Waals surface area contributed by atoms with Crippen LogP contribution in [0.25, 0.3) is 0 Å². The fourth-order valence-electron chi connectivity index (χ4n) is 2.00. The third-order valence-corrected chi connectivity index (χ3v) is 3.21. The second-order valence-electron chi connectivity index (χ2n) is 5.15. The number of nitrogens with one attached hydrogen (secondary N) is 1. The first-order valence-electron chi connectivity index (χ1n) is 7.05. The summed E-state index contributed by atoms with van der Waals surface area (Å²) in [6.45, 7) is 3.81. The topological polar surface area (TPSA) is 62.3 Å². The molecule has 5 heteroatoms. The van der Waals surface area contributed by atoms with Gasteiger partial charge in [0.2, 0.25) is 11.8 Å². The van der Waals surface area contributed by atoms with Crippen molar-refractivity contribution >= 4 is 17.5 Å². The molecule has 0 aliphatic rings. The van der Waals surface area contributed by atoms with Crippen LogP contribution in [0, 0.1) is 6.92 Å². The molecule has 0 saturated carbocycles. The van der Waals surface area contributed by atoms with Crippen molar-refractivity contribution in [3.05, 3.63) is 59.9 Å². The highest BCUT2D eigenvalue weighted by atomic mass is 16.2. The molecule has 1 aromatic heterocycles. The summed E-state index contributed by atoms with van der Waals surface area (Å²) in [6.07, 6.45) is 3.36. The van der Waals surface area contributed by atoms with E-state index in [2.05, 4.69) is 10.3 Å². The highest BCUT2D eigenvalue weighted by Gasteiger charge is 2.14. The van der Waals surface area contributed by atoms with Crippen LogP contribution in [0.4, 0.5) is 5.69 Å². The van der Waals surface area contributed by atoms with Crippen LogP contribution >= 0.6 is 0 Å². The third kappa shape index (κ3) is 4.70. The first-order valence-corrected chi connectivity index (χ1v) is 7.05. The number of carbonyl (C=O) groups is 2. The minimum atomic E-state index is -0.219. The van der Waals surface area contributed by atoms with Crippen molar-refractivity contribution < 1.29 is 9.59 Å². The number of aromatic nitrogens is 1. The standard InChI is InChI=1S/C17H19N3O2/c1-13-5-7-16(8-6-13)19-17(22)12-20(14(2)21)11-15-4-3-9-18-10-15/h3-10H,11-12H2,1-2H3,(H,19,22). The molecule has 1 heterocycles. The molecule has 0 spiro atoms. The van der Waals surface area contributed by atoms with Gasteiger partial charge in [-0.1, -0.05) is 23.8 Å². The number of aryl methyl sites for hydroxylation is 1. The van der Waals surface area contributed by atoms with E-state index >= 15 is 0 Å². The Kier molecular flexibility index (Phi) is 5.25. The van der Waals surface area contributed by atoms with E-state index in [1.807, 2.05) is 37.3 Å². The Morgan fingerprint density at radius 2 is 1.91 bits per heavy atom. The van der Waals surface area contributed by atoms with Crippen LogP contribution in [0.5, 0.6) is 0 Å². The van der Waals surface area contributed by atoms with E-state index in [0.29, 0.717) is 6.54 Å². The summed E-state index contributed by atoms with van der Waals surface area (Å²) in [5.41, 5.74) is 2.74. The van der Waals surface area contributed by atoms with Crippen LogP contribution in [-0.4, -0.2) is 28.2 Å². The number of pyridine rings is 1. The van der Waals surface area contributed by atoms with Gasteiger partial charge in [-0.25, -0.2) is 0 Å². The number of benzene rings is 1. The Bertz CT molecular complexity index is 639. The molecule has 2 rings (SSSR count). The molecule has 0 fully saturated rings. The molecule has 22 heavy (non-hydrogen) atoms. The largest absolute Gasteiger partial charge is 0.329 e. The lowest BCUT2D eigenvalue weighted by Gasteiger charge is -2.20. The molecule has 0 aliphatic heterocycles. The van der Waals surface area contributed by atoms with Crippen molar-refractivity contribution in [2.75, 3.05) is 11.9 Å². The predicted octanol–water partition coefficient (Wildman–Crippen LogP) is 2.38. The molecule has 1 N–H and O–H groups in total. The lowest BCUT2D eigenvalue weighted by Crippen LogP contribution is -2.36. The van der Waals surface area contributed by atoms with E-state index < -0.39 is 0 Å². The van der Waals surface area contributed by atoms with Crippen LogP contribution < -0.4 is 5.32 Å². The van der Waals surface area contributed by atoms with Gasteiger partial charge in [0.25, 0.3) is 0 Å². The lowest BCUT2D eigenvalue weighted by atomic mass is 10.2. The molecule has 2 amide bonds. The fraction of sp³-hybridized carbons (Fsp3) is 0.235. The summed E-state index contributed by atoms with van der Waals surface area (Å²) in [7, 11) is 0. The fourth-order valence-corrected chi connectivity index (χ4v) is 2.00. The van der Waals surface area contributed by atoms with Gasteiger partial charge in [-0.05, 0) is 30.7 Å². The molecule has 2 aromatic rings. The molecule has 0 saturated heterocycles. The second-order valence-corrected chi connectivity index (χ2v) is 5.15. The van der Waals surface area contributed by atoms with Crippen LogP contribution in [-0.2, 0) is 16.1 Å². The summed E-state index contributed by atoms with van der Waals surface area (Å²) in [6, 6.07) is 11.2. The van der Waals surface area contributed by atoms with E-state index in [4.69, 9.17) is 0 Å². The highest BCUT2D eigenvalue weighted by Crippen LogP contribution is 2.09. The van der Waals surface area contributed by atoms with Crippen molar-refractivity contribution in [1.29, 1.82) is 0 Å². The molecule has 5 nitrogen and oxygen atoms in total. The van der Waals surface area contributed by atoms with Gasteiger partial charge in [0, 0.05) is 31.5 Å². The maximum Gasteiger partial charge on any atom is 0.244 e. The van der Waals surface area contributed by atoms with Gasteiger partial charge < -0.3 is 10.2 Å². The average Bonchev–Trinajstić information content (AvgIpc) is 2.50. The average molecular weight is 297 g/mol. The summed E-state index contributed by atoms with van der Waals surface area (Å²) in [5, 5.41) is 2.79. The second kappa shape index (κ2) is 7.36. The van der Waals surface area contributed by atoms with Crippen molar-refractivity contribution in [2.24, 2.45) is 0 Å². The number of nitrogens with zero attached hydrogens (tertiary/aromatic N) is 2. The van der Waals surface area contributed by atoms with Crippen LogP contribution in [0.1, 0.15) is 18.1 Å². The minimum Gasteiger partial charge on any atom is -0.329 e. The van der Waals surface area contributed by atoms with Crippen LogP contribution in [0.2, 0.25) is 0 Å². The number of hydrogen-bond acceptors (Lipinski definition) is 3. The predicted molar refractivity (Wildman–Crippen MR) is 85.1 cm³/mol. The molecule has 0 radical (unpaired) electrons. The Hall–Kier alpha value is -2.69. The normalized spacial score (nSPS) is 10.1. The number of hydrogen-bond donors (Lipinski definition) is 1. The molecule has 0 atom stereocenters. The van der Waals surface area contributed by atoms with Crippen molar-refractivity contribution in [1.82, 2.24) is 9.88 Å². The van der Waals surface area contributed by atoms with Crippen molar-refractivity contribution in [2.45, 2.75) is 20.4 Å².